The van der Waals surface area contributed by atoms with E-state index in [-0.39, 0.29) is 122 Å². The van der Waals surface area contributed by atoms with E-state index in [1.54, 1.807) is 0 Å². The van der Waals surface area contributed by atoms with Crippen LogP contribution in [0.1, 0.15) is 0 Å². The molecule has 0 aliphatic carbocycles. The molecule has 0 amide bonds. The Kier molecular flexibility index (Phi) is 313. The second kappa shape index (κ2) is 36.5. The van der Waals surface area contributed by atoms with Crippen molar-refractivity contribution in [2.75, 3.05) is 0 Å². The molecule has 0 saturated heterocycles. The van der Waals surface area contributed by atoms with E-state index in [1.807, 2.05) is 0 Å². The summed E-state index contributed by atoms with van der Waals surface area (Å²) in [4.78, 5) is 0. The normalized spacial score (nSPS) is 0. The van der Waals surface area contributed by atoms with Gasteiger partial charge in [-0.05, 0) is 0 Å². The average Bonchev–Trinajstić information content (AvgIpc) is 0. The van der Waals surface area contributed by atoms with Gasteiger partial charge in [-0.1, -0.05) is 0 Å². The average molecular weight is 669 g/mol. The molecule has 0 bridgehead atoms. The van der Waals surface area contributed by atoms with Crippen LogP contribution in [-0.2, 0) is 95.5 Å². The molecule has 0 spiro atoms. The summed E-state index contributed by atoms with van der Waals surface area (Å²) < 4.78 is 0. The third-order valence-electron chi connectivity index (χ3n) is 0. The van der Waals surface area contributed by atoms with Crippen LogP contribution in [0.3, 0.4) is 0 Å². The molecule has 0 aliphatic rings. The Hall–Kier alpha value is 3.91. The van der Waals surface area contributed by atoms with Crippen molar-refractivity contribution in [1.82, 2.24) is 0 Å². The fraction of sp³-hybridized carbons (Fsp3) is 0. The molecular weight excluding hydrogens is 669 g/mol. The zero-order valence-electron chi connectivity index (χ0n) is 2.66. The monoisotopic (exact) mass is 670 g/mol. The van der Waals surface area contributed by atoms with Gasteiger partial charge in [0.2, 0.25) is 0 Å². The molecule has 0 aromatic heterocycles. The van der Waals surface area contributed by atoms with Crippen LogP contribution < -0.4 is 0 Å². The van der Waals surface area contributed by atoms with Gasteiger partial charge in [0.25, 0.3) is 0 Å². The van der Waals surface area contributed by atoms with Crippen LogP contribution in [-0.4, -0.2) is 26.2 Å². The first-order valence-corrected chi connectivity index (χ1v) is 0. The van der Waals surface area contributed by atoms with Gasteiger partial charge in [-0.3, -0.25) is 0 Å². The van der Waals surface area contributed by atoms with E-state index in [4.69, 9.17) is 0 Å². The summed E-state index contributed by atoms with van der Waals surface area (Å²) in [6.07, 6.45) is 0. The Morgan fingerprint density at radius 1 is 1.00 bits per heavy atom. The van der Waals surface area contributed by atoms with Crippen molar-refractivity contribution in [2.24, 2.45) is 0 Å². The summed E-state index contributed by atoms with van der Waals surface area (Å²) in [7, 11) is 0. The molecule has 0 atom stereocenters. The van der Waals surface area contributed by atoms with Crippen LogP contribution in [0, 0.1) is 0 Å². The Morgan fingerprint density at radius 3 is 1.00 bits per heavy atom. The van der Waals surface area contributed by atoms with Crippen molar-refractivity contribution in [2.45, 2.75) is 0 Å². The Morgan fingerprint density at radius 2 is 1.00 bits per heavy atom. The van der Waals surface area contributed by atoms with E-state index in [1.165, 1.54) is 0 Å². The van der Waals surface area contributed by atoms with Gasteiger partial charge in [0.05, 0.1) is 0 Å². The SMILES string of the molecule is [Bi].[Co].[Fe].[Mo].[W].[Zn]. The van der Waals surface area contributed by atoms with Crippen molar-refractivity contribution < 1.29 is 95.5 Å². The maximum absolute atomic E-state index is 0. The first kappa shape index (κ1) is 51.5. The van der Waals surface area contributed by atoms with Gasteiger partial charge >= 0.3 is 0 Å². The molecule has 6 heavy (non-hydrogen) atoms. The molecule has 0 nitrogen and oxygen atoms in total. The van der Waals surface area contributed by atoms with Gasteiger partial charge < -0.3 is 0 Å². The van der Waals surface area contributed by atoms with Crippen molar-refractivity contribution >= 4 is 26.2 Å². The molecule has 36 valence electrons. The van der Waals surface area contributed by atoms with Crippen molar-refractivity contribution in [1.29, 1.82) is 0 Å². The summed E-state index contributed by atoms with van der Waals surface area (Å²) in [5.41, 5.74) is 0. The molecular formula is BiCoFeMoWZn. The first-order valence-electron chi connectivity index (χ1n) is 0. The zero-order chi connectivity index (χ0) is 0. The minimum Gasteiger partial charge on any atom is 0 e. The number of rotatable bonds is 0. The molecule has 0 fully saturated rings. The van der Waals surface area contributed by atoms with Gasteiger partial charge in [-0.25, -0.2) is 0 Å². The zero-order valence-corrected chi connectivity index (χ0v) is 16.2. The van der Waals surface area contributed by atoms with Gasteiger partial charge in [-0.15, -0.1) is 0 Å². The minimum atomic E-state index is 0. The van der Waals surface area contributed by atoms with E-state index in [0.717, 1.165) is 0 Å². The van der Waals surface area contributed by atoms with Crippen LogP contribution in [0.2, 0.25) is 0 Å². The van der Waals surface area contributed by atoms with E-state index in [9.17, 15) is 0 Å². The summed E-state index contributed by atoms with van der Waals surface area (Å²) in [5.74, 6) is 0. The summed E-state index contributed by atoms with van der Waals surface area (Å²) in [6, 6.07) is 0. The Bertz CT molecular complexity index is 15.5. The predicted molar refractivity (Wildman–Crippen MR) is 5.75 cm³/mol. The number of hydrogen-bond acceptors (Lipinski definition) is 0. The smallest absolute Gasteiger partial charge is 0 e. The van der Waals surface area contributed by atoms with Crippen LogP contribution in [0.4, 0.5) is 0 Å². The van der Waals surface area contributed by atoms with Crippen LogP contribution >= 0.6 is 0 Å². The van der Waals surface area contributed by atoms with Crippen molar-refractivity contribution in [3.05, 3.63) is 0 Å². The standard InChI is InChI=1S/Bi.Co.Fe.Mo.W.Zn. The Balaban J connectivity index is 0. The fourth-order valence-electron chi connectivity index (χ4n) is 0. The second-order valence-electron chi connectivity index (χ2n) is 0. The summed E-state index contributed by atoms with van der Waals surface area (Å²) in [6.45, 7) is 0. The van der Waals surface area contributed by atoms with Crippen molar-refractivity contribution in [3.8, 4) is 0 Å². The minimum absolute atomic E-state index is 0. The fourth-order valence-corrected chi connectivity index (χ4v) is 0. The van der Waals surface area contributed by atoms with E-state index >= 15 is 0 Å². The number of hydrogen-bond donors (Lipinski definition) is 0. The molecule has 0 unspecified atom stereocenters. The van der Waals surface area contributed by atoms with Gasteiger partial charge in [0.1, 0.15) is 0 Å². The molecule has 6 heteroatoms. The van der Waals surface area contributed by atoms with E-state index < -0.39 is 0 Å². The Labute approximate surface area is 119 Å². The molecule has 0 N–H and O–H groups in total. The summed E-state index contributed by atoms with van der Waals surface area (Å²) >= 11 is 0. The maximum atomic E-state index is 0. The molecule has 4 radical (unpaired) electrons. The third kappa shape index (κ3) is 24.7. The molecule has 0 aliphatic heterocycles. The van der Waals surface area contributed by atoms with E-state index in [0.29, 0.717) is 0 Å². The van der Waals surface area contributed by atoms with Crippen molar-refractivity contribution in [3.63, 3.8) is 0 Å². The largest absolute Gasteiger partial charge is 0 e. The topological polar surface area (TPSA) is 0 Å². The molecule has 0 heterocycles. The summed E-state index contributed by atoms with van der Waals surface area (Å²) in [5, 5.41) is 0. The molecule has 0 saturated carbocycles. The quantitative estimate of drug-likeness (QED) is 0.309. The molecule has 0 aromatic rings. The third-order valence-corrected chi connectivity index (χ3v) is 0. The van der Waals surface area contributed by atoms with Crippen LogP contribution in [0.15, 0.2) is 0 Å². The van der Waals surface area contributed by atoms with Gasteiger partial charge in [-0.2, -0.15) is 0 Å². The van der Waals surface area contributed by atoms with Gasteiger partial charge in [0.15, 0.2) is 0 Å². The van der Waals surface area contributed by atoms with E-state index in [2.05, 4.69) is 0 Å². The van der Waals surface area contributed by atoms with Crippen LogP contribution in [0.25, 0.3) is 0 Å². The first-order chi connectivity index (χ1) is 0. The predicted octanol–water partition coefficient (Wildman–Crippen LogP) is -0.393. The van der Waals surface area contributed by atoms with Gasteiger partial charge in [0, 0.05) is 122 Å². The second-order valence-corrected chi connectivity index (χ2v) is 0. The van der Waals surface area contributed by atoms with Crippen LogP contribution in [0.5, 0.6) is 0 Å². The molecule has 0 rings (SSSR count). The molecule has 0 aromatic carbocycles. The maximum Gasteiger partial charge on any atom is 0 e.